The molecule has 0 radical (unpaired) electrons. The van der Waals surface area contributed by atoms with Crippen LogP contribution in [0.1, 0.15) is 55.3 Å². The molecular weight excluding hydrogens is 270 g/mol. The molecule has 1 heterocycles. The Morgan fingerprint density at radius 1 is 1.38 bits per heavy atom. The lowest BCUT2D eigenvalue weighted by atomic mass is 9.96. The van der Waals surface area contributed by atoms with E-state index in [4.69, 9.17) is 9.47 Å². The summed E-state index contributed by atoms with van der Waals surface area (Å²) in [5.41, 5.74) is 1.99. The Kier molecular flexibility index (Phi) is 4.32. The highest BCUT2D eigenvalue weighted by Crippen LogP contribution is 2.33. The Morgan fingerprint density at radius 3 is 2.71 bits per heavy atom. The second-order valence-corrected chi connectivity index (χ2v) is 6.12. The van der Waals surface area contributed by atoms with Crippen molar-refractivity contribution in [2.45, 2.75) is 46.0 Å². The van der Waals surface area contributed by atoms with Crippen LogP contribution in [0.2, 0.25) is 0 Å². The topological polar surface area (TPSA) is 64.6 Å². The van der Waals surface area contributed by atoms with Crippen LogP contribution in [0.25, 0.3) is 0 Å². The van der Waals surface area contributed by atoms with Gasteiger partial charge in [-0.15, -0.1) is 0 Å². The van der Waals surface area contributed by atoms with E-state index in [0.29, 0.717) is 12.2 Å². The molecule has 0 saturated heterocycles. The minimum Gasteiger partial charge on any atom is -0.444 e. The van der Waals surface area contributed by atoms with Gasteiger partial charge in [0.15, 0.2) is 5.78 Å². The molecule has 114 valence electrons. The average Bonchev–Trinajstić information content (AvgIpc) is 2.77. The molecule has 5 nitrogen and oxygen atoms in total. The highest BCUT2D eigenvalue weighted by molar-refractivity contribution is 5.96. The maximum Gasteiger partial charge on any atom is 0.407 e. The van der Waals surface area contributed by atoms with Crippen LogP contribution in [-0.2, 0) is 16.1 Å². The number of alkyl carbamates (subject to hydrolysis) is 1. The fraction of sp³-hybridized carbons (Fsp3) is 0.500. The van der Waals surface area contributed by atoms with Gasteiger partial charge >= 0.3 is 6.09 Å². The molecule has 0 saturated carbocycles. The van der Waals surface area contributed by atoms with E-state index in [1.54, 1.807) is 6.07 Å². The number of Topliss-reactive ketones (excluding diaryl/α,β-unsaturated/α-hetero) is 1. The summed E-state index contributed by atoms with van der Waals surface area (Å²) < 4.78 is 10.9. The standard InChI is InChI=1S/C16H21NO4/c1-10(18)12-7-5-6-11-9-20-13(14(11)12)8-17-15(19)21-16(2,3)4/h5-7,13H,8-9H2,1-4H3,(H,17,19). The third-order valence-corrected chi connectivity index (χ3v) is 3.17. The van der Waals surface area contributed by atoms with Gasteiger partial charge in [0.25, 0.3) is 0 Å². The molecule has 1 unspecified atom stereocenters. The summed E-state index contributed by atoms with van der Waals surface area (Å²) in [5.74, 6) is -0.000354. The minimum absolute atomic E-state index is 0.000354. The van der Waals surface area contributed by atoms with Gasteiger partial charge in [0, 0.05) is 5.56 Å². The fourth-order valence-electron chi connectivity index (χ4n) is 2.35. The summed E-state index contributed by atoms with van der Waals surface area (Å²) in [7, 11) is 0. The Morgan fingerprint density at radius 2 is 2.10 bits per heavy atom. The predicted octanol–water partition coefficient (Wildman–Crippen LogP) is 2.99. The monoisotopic (exact) mass is 291 g/mol. The Balaban J connectivity index is 2.06. The highest BCUT2D eigenvalue weighted by atomic mass is 16.6. The number of hydrogen-bond donors (Lipinski definition) is 1. The maximum absolute atomic E-state index is 11.7. The van der Waals surface area contributed by atoms with Gasteiger partial charge in [0.05, 0.1) is 13.2 Å². The molecule has 5 heteroatoms. The van der Waals surface area contributed by atoms with Crippen LogP contribution in [0.15, 0.2) is 18.2 Å². The van der Waals surface area contributed by atoms with E-state index in [0.717, 1.165) is 11.1 Å². The fourth-order valence-corrected chi connectivity index (χ4v) is 2.35. The molecule has 1 N–H and O–H groups in total. The molecule has 0 aliphatic carbocycles. The molecule has 1 aromatic carbocycles. The van der Waals surface area contributed by atoms with Crippen molar-refractivity contribution in [3.63, 3.8) is 0 Å². The second-order valence-electron chi connectivity index (χ2n) is 6.12. The Hall–Kier alpha value is -1.88. The van der Waals surface area contributed by atoms with Crippen molar-refractivity contribution >= 4 is 11.9 Å². The van der Waals surface area contributed by atoms with Crippen LogP contribution in [0.4, 0.5) is 4.79 Å². The minimum atomic E-state index is -0.539. The van der Waals surface area contributed by atoms with E-state index in [1.807, 2.05) is 32.9 Å². The number of carbonyl (C=O) groups is 2. The number of benzene rings is 1. The molecule has 21 heavy (non-hydrogen) atoms. The van der Waals surface area contributed by atoms with E-state index < -0.39 is 11.7 Å². The van der Waals surface area contributed by atoms with Crippen molar-refractivity contribution in [3.8, 4) is 0 Å². The zero-order chi connectivity index (χ0) is 15.6. The summed E-state index contributed by atoms with van der Waals surface area (Å²) in [5, 5.41) is 2.69. The van der Waals surface area contributed by atoms with E-state index in [-0.39, 0.29) is 18.4 Å². The summed E-state index contributed by atoms with van der Waals surface area (Å²) >= 11 is 0. The Labute approximate surface area is 124 Å². The van der Waals surface area contributed by atoms with Gasteiger partial charge in [0.1, 0.15) is 11.7 Å². The summed E-state index contributed by atoms with van der Waals surface area (Å²) in [4.78, 5) is 23.4. The number of ether oxygens (including phenoxy) is 2. The third-order valence-electron chi connectivity index (χ3n) is 3.17. The maximum atomic E-state index is 11.7. The number of ketones is 1. The molecule has 1 atom stereocenters. The second kappa shape index (κ2) is 5.85. The smallest absolute Gasteiger partial charge is 0.407 e. The molecular formula is C16H21NO4. The third kappa shape index (κ3) is 3.82. The van der Waals surface area contributed by atoms with Gasteiger partial charge < -0.3 is 14.8 Å². The van der Waals surface area contributed by atoms with Gasteiger partial charge in [-0.05, 0) is 38.8 Å². The van der Waals surface area contributed by atoms with Crippen molar-refractivity contribution in [2.24, 2.45) is 0 Å². The first-order valence-electron chi connectivity index (χ1n) is 6.99. The molecule has 1 aliphatic rings. The summed E-state index contributed by atoms with van der Waals surface area (Å²) in [6.07, 6.45) is -0.799. The number of hydrogen-bond acceptors (Lipinski definition) is 4. The molecule has 2 rings (SSSR count). The quantitative estimate of drug-likeness (QED) is 0.869. The first kappa shape index (κ1) is 15.5. The SMILES string of the molecule is CC(=O)c1cccc2c1C(CNC(=O)OC(C)(C)C)OC2. The van der Waals surface area contributed by atoms with E-state index in [9.17, 15) is 9.59 Å². The van der Waals surface area contributed by atoms with Crippen LogP contribution in [-0.4, -0.2) is 24.0 Å². The van der Waals surface area contributed by atoms with Gasteiger partial charge in [-0.25, -0.2) is 4.79 Å². The van der Waals surface area contributed by atoms with E-state index in [2.05, 4.69) is 5.32 Å². The number of nitrogens with one attached hydrogen (secondary N) is 1. The molecule has 1 aromatic rings. The Bertz CT molecular complexity index is 560. The van der Waals surface area contributed by atoms with Gasteiger partial charge in [-0.1, -0.05) is 18.2 Å². The van der Waals surface area contributed by atoms with E-state index >= 15 is 0 Å². The number of amides is 1. The van der Waals surface area contributed by atoms with Gasteiger partial charge in [0.2, 0.25) is 0 Å². The first-order chi connectivity index (χ1) is 9.78. The average molecular weight is 291 g/mol. The lowest BCUT2D eigenvalue weighted by Gasteiger charge is -2.21. The zero-order valence-corrected chi connectivity index (χ0v) is 12.9. The summed E-state index contributed by atoms with van der Waals surface area (Å²) in [6, 6.07) is 5.58. The summed E-state index contributed by atoms with van der Waals surface area (Å²) in [6.45, 7) is 7.70. The molecule has 1 amide bonds. The van der Waals surface area contributed by atoms with Crippen LogP contribution in [0.3, 0.4) is 0 Å². The van der Waals surface area contributed by atoms with Crippen molar-refractivity contribution in [3.05, 3.63) is 34.9 Å². The normalized spacial score (nSPS) is 17.2. The number of carbonyl (C=O) groups excluding carboxylic acids is 2. The number of fused-ring (bicyclic) bond motifs is 1. The molecule has 0 bridgehead atoms. The zero-order valence-electron chi connectivity index (χ0n) is 12.9. The first-order valence-corrected chi connectivity index (χ1v) is 6.99. The molecule has 1 aliphatic heterocycles. The number of rotatable bonds is 3. The van der Waals surface area contributed by atoms with Gasteiger partial charge in [-0.3, -0.25) is 4.79 Å². The van der Waals surface area contributed by atoms with Crippen molar-refractivity contribution < 1.29 is 19.1 Å². The molecule has 0 spiro atoms. The van der Waals surface area contributed by atoms with Crippen LogP contribution in [0.5, 0.6) is 0 Å². The van der Waals surface area contributed by atoms with Crippen LogP contribution in [0, 0.1) is 0 Å². The molecule has 0 fully saturated rings. The van der Waals surface area contributed by atoms with Gasteiger partial charge in [-0.2, -0.15) is 0 Å². The van der Waals surface area contributed by atoms with Crippen LogP contribution < -0.4 is 5.32 Å². The molecule has 0 aromatic heterocycles. The van der Waals surface area contributed by atoms with Crippen molar-refractivity contribution in [1.82, 2.24) is 5.32 Å². The van der Waals surface area contributed by atoms with Crippen molar-refractivity contribution in [1.29, 1.82) is 0 Å². The van der Waals surface area contributed by atoms with Crippen LogP contribution >= 0.6 is 0 Å². The predicted molar refractivity (Wildman–Crippen MR) is 78.2 cm³/mol. The van der Waals surface area contributed by atoms with E-state index in [1.165, 1.54) is 6.92 Å². The lowest BCUT2D eigenvalue weighted by Crippen LogP contribution is -2.35. The van der Waals surface area contributed by atoms with Crippen molar-refractivity contribution in [2.75, 3.05) is 6.54 Å². The lowest BCUT2D eigenvalue weighted by molar-refractivity contribution is 0.0394. The highest BCUT2D eigenvalue weighted by Gasteiger charge is 2.28. The largest absolute Gasteiger partial charge is 0.444 e.